The van der Waals surface area contributed by atoms with Gasteiger partial charge >= 0.3 is 12.1 Å². The van der Waals surface area contributed by atoms with Crippen LogP contribution in [0, 0.1) is 5.41 Å². The average molecular weight is 534 g/mol. The molecule has 2 fully saturated rings. The van der Waals surface area contributed by atoms with Gasteiger partial charge in [-0.15, -0.1) is 0 Å². The predicted molar refractivity (Wildman–Crippen MR) is 135 cm³/mol. The van der Waals surface area contributed by atoms with Crippen molar-refractivity contribution in [2.24, 2.45) is 5.41 Å². The number of likely N-dealkylation sites (tertiary alicyclic amines) is 2. The zero-order valence-corrected chi connectivity index (χ0v) is 21.8. The Kier molecular flexibility index (Phi) is 8.01. The van der Waals surface area contributed by atoms with Crippen LogP contribution in [0.5, 0.6) is 5.75 Å². The molecule has 0 aliphatic carbocycles. The van der Waals surface area contributed by atoms with E-state index < -0.39 is 12.1 Å². The van der Waals surface area contributed by atoms with Crippen molar-refractivity contribution in [3.8, 4) is 5.75 Å². The predicted octanol–water partition coefficient (Wildman–Crippen LogP) is 4.95. The highest BCUT2D eigenvalue weighted by Crippen LogP contribution is 2.42. The molecule has 0 saturated carbocycles. The molecule has 1 aromatic heterocycles. The highest BCUT2D eigenvalue weighted by molar-refractivity contribution is 5.94. The van der Waals surface area contributed by atoms with E-state index >= 15 is 0 Å². The number of halogens is 3. The highest BCUT2D eigenvalue weighted by atomic mass is 19.4. The van der Waals surface area contributed by atoms with E-state index in [-0.39, 0.29) is 11.5 Å². The fourth-order valence-corrected chi connectivity index (χ4v) is 5.60. The largest absolute Gasteiger partial charge is 0.490 e. The summed E-state index contributed by atoms with van der Waals surface area (Å²) in [4.78, 5) is 30.3. The Labute approximate surface area is 220 Å². The van der Waals surface area contributed by atoms with Gasteiger partial charge in [-0.05, 0) is 81.8 Å². The minimum absolute atomic E-state index is 0.0912. The second-order valence-corrected chi connectivity index (χ2v) is 11.0. The Morgan fingerprint density at radius 2 is 1.58 bits per heavy atom. The second-order valence-electron chi connectivity index (χ2n) is 11.0. The second kappa shape index (κ2) is 10.9. The molecule has 10 heteroatoms. The molecule has 2 saturated heterocycles. The zero-order chi connectivity index (χ0) is 27.6. The molecule has 1 N–H and O–H groups in total. The van der Waals surface area contributed by atoms with E-state index in [1.54, 1.807) is 12.4 Å². The molecule has 2 aromatic rings. The summed E-state index contributed by atoms with van der Waals surface area (Å²) in [5, 5.41) is 7.12. The van der Waals surface area contributed by atoms with Crippen molar-refractivity contribution in [1.82, 2.24) is 14.8 Å². The number of carbonyl (C=O) groups excluding carboxylic acids is 1. The molecule has 3 aliphatic heterocycles. The van der Waals surface area contributed by atoms with E-state index in [1.807, 2.05) is 17.0 Å². The molecule has 1 amide bonds. The van der Waals surface area contributed by atoms with Gasteiger partial charge in [0, 0.05) is 49.6 Å². The van der Waals surface area contributed by atoms with E-state index in [0.29, 0.717) is 5.41 Å². The summed E-state index contributed by atoms with van der Waals surface area (Å²) in [5.41, 5.74) is 3.90. The van der Waals surface area contributed by atoms with Gasteiger partial charge in [0.2, 0.25) is 0 Å². The Morgan fingerprint density at radius 3 is 2.16 bits per heavy atom. The number of amides is 1. The first-order valence-corrected chi connectivity index (χ1v) is 12.9. The third-order valence-corrected chi connectivity index (χ3v) is 7.81. The van der Waals surface area contributed by atoms with Gasteiger partial charge in [-0.25, -0.2) is 4.79 Å². The minimum atomic E-state index is -5.08. The van der Waals surface area contributed by atoms with Crippen molar-refractivity contribution < 1.29 is 32.6 Å². The summed E-state index contributed by atoms with van der Waals surface area (Å²) in [5.74, 6) is -1.53. The molecule has 0 atom stereocenters. The van der Waals surface area contributed by atoms with E-state index in [1.165, 1.54) is 24.0 Å². The number of benzene rings is 1. The average Bonchev–Trinajstić information content (AvgIpc) is 3.21. The molecule has 0 radical (unpaired) electrons. The van der Waals surface area contributed by atoms with Crippen LogP contribution in [0.25, 0.3) is 0 Å². The minimum Gasteiger partial charge on any atom is -0.487 e. The summed E-state index contributed by atoms with van der Waals surface area (Å²) in [6.45, 7) is 9.41. The fraction of sp³-hybridized carbons (Fsp3) is 0.536. The van der Waals surface area contributed by atoms with Crippen LogP contribution in [0.15, 0.2) is 42.7 Å². The number of alkyl halides is 3. The molecule has 3 aliphatic rings. The highest BCUT2D eigenvalue weighted by Gasteiger charge is 2.40. The number of carboxylic acids is 1. The SMILES string of the molecule is CC1(C)Cc2c(CN3CCC4(CC3)CCN(C(=O)c3ccncc3)CC4)cccc2O1.O=C(O)C(F)(F)F. The molecule has 0 unspecified atom stereocenters. The molecule has 4 heterocycles. The van der Waals surface area contributed by atoms with Gasteiger partial charge in [-0.3, -0.25) is 14.7 Å². The molecular formula is C28H34F3N3O4. The summed E-state index contributed by atoms with van der Waals surface area (Å²) in [6, 6.07) is 10.2. The summed E-state index contributed by atoms with van der Waals surface area (Å²) in [7, 11) is 0. The van der Waals surface area contributed by atoms with Crippen molar-refractivity contribution in [1.29, 1.82) is 0 Å². The quantitative estimate of drug-likeness (QED) is 0.602. The van der Waals surface area contributed by atoms with Gasteiger partial charge in [0.05, 0.1) is 0 Å². The maximum Gasteiger partial charge on any atom is 0.490 e. The molecule has 1 spiro atoms. The van der Waals surface area contributed by atoms with E-state index in [9.17, 15) is 18.0 Å². The van der Waals surface area contributed by atoms with Crippen molar-refractivity contribution in [2.45, 2.75) is 64.3 Å². The molecule has 0 bridgehead atoms. The van der Waals surface area contributed by atoms with Crippen molar-refractivity contribution in [3.63, 3.8) is 0 Å². The first kappa shape index (κ1) is 27.9. The smallest absolute Gasteiger partial charge is 0.487 e. The van der Waals surface area contributed by atoms with Crippen LogP contribution >= 0.6 is 0 Å². The number of fused-ring (bicyclic) bond motifs is 1. The maximum atomic E-state index is 12.7. The van der Waals surface area contributed by atoms with Gasteiger partial charge < -0.3 is 14.7 Å². The number of hydrogen-bond acceptors (Lipinski definition) is 5. The van der Waals surface area contributed by atoms with Gasteiger partial charge in [-0.1, -0.05) is 12.1 Å². The lowest BCUT2D eigenvalue weighted by Crippen LogP contribution is -2.48. The number of nitrogens with zero attached hydrogens (tertiary/aromatic N) is 3. The number of aromatic nitrogens is 1. The summed E-state index contributed by atoms with van der Waals surface area (Å²) < 4.78 is 37.9. The summed E-state index contributed by atoms with van der Waals surface area (Å²) in [6.07, 6.45) is 4.04. The Morgan fingerprint density at radius 1 is 1.00 bits per heavy atom. The zero-order valence-electron chi connectivity index (χ0n) is 21.8. The number of pyridine rings is 1. The lowest BCUT2D eigenvalue weighted by Gasteiger charge is -2.47. The molecule has 38 heavy (non-hydrogen) atoms. The Bertz CT molecular complexity index is 1140. The number of carbonyl (C=O) groups is 2. The van der Waals surface area contributed by atoms with E-state index in [4.69, 9.17) is 14.6 Å². The standard InChI is InChI=1S/C26H33N3O2.C2HF3O2/c1-25(2)18-22-21(4-3-5-23(22)31-25)19-28-14-8-26(9-15-28)10-16-29(17-11-26)24(30)20-6-12-27-13-7-20;3-2(4,5)1(6)7/h3-7,12-13H,8-11,14-19H2,1-2H3;(H,6,7). The van der Waals surface area contributed by atoms with Gasteiger partial charge in [-0.2, -0.15) is 13.2 Å². The number of ether oxygens (including phenoxy) is 1. The molecule has 5 rings (SSSR count). The molecule has 1 aromatic carbocycles. The third kappa shape index (κ3) is 6.64. The van der Waals surface area contributed by atoms with Crippen molar-refractivity contribution in [2.75, 3.05) is 26.2 Å². The van der Waals surface area contributed by atoms with Crippen LogP contribution < -0.4 is 4.74 Å². The van der Waals surface area contributed by atoms with Crippen LogP contribution in [-0.2, 0) is 17.8 Å². The van der Waals surface area contributed by atoms with Gasteiger partial charge in [0.15, 0.2) is 0 Å². The first-order chi connectivity index (χ1) is 17.9. The van der Waals surface area contributed by atoms with Crippen LogP contribution in [0.1, 0.15) is 61.0 Å². The van der Waals surface area contributed by atoms with Crippen LogP contribution in [0.3, 0.4) is 0 Å². The fourth-order valence-electron chi connectivity index (χ4n) is 5.60. The topological polar surface area (TPSA) is 83.0 Å². The first-order valence-electron chi connectivity index (χ1n) is 12.9. The van der Waals surface area contributed by atoms with E-state index in [2.05, 4.69) is 41.9 Å². The number of rotatable bonds is 3. The molecular weight excluding hydrogens is 499 g/mol. The maximum absolute atomic E-state index is 12.7. The monoisotopic (exact) mass is 533 g/mol. The third-order valence-electron chi connectivity index (χ3n) is 7.81. The number of piperidine rings is 2. The Balaban J connectivity index is 0.000000426. The number of hydrogen-bond donors (Lipinski definition) is 1. The number of carboxylic acid groups (broad SMARTS) is 1. The van der Waals surface area contributed by atoms with Crippen molar-refractivity contribution in [3.05, 3.63) is 59.4 Å². The van der Waals surface area contributed by atoms with Crippen molar-refractivity contribution >= 4 is 11.9 Å². The Hall–Kier alpha value is -3.14. The normalized spacial score (nSPS) is 20.2. The molecule has 7 nitrogen and oxygen atoms in total. The van der Waals surface area contributed by atoms with Gasteiger partial charge in [0.25, 0.3) is 5.91 Å². The lowest BCUT2D eigenvalue weighted by molar-refractivity contribution is -0.192. The van der Waals surface area contributed by atoms with Crippen LogP contribution in [0.4, 0.5) is 13.2 Å². The van der Waals surface area contributed by atoms with E-state index in [0.717, 1.165) is 63.3 Å². The lowest BCUT2D eigenvalue weighted by atomic mass is 9.71. The van der Waals surface area contributed by atoms with Gasteiger partial charge in [0.1, 0.15) is 11.4 Å². The summed E-state index contributed by atoms with van der Waals surface area (Å²) >= 11 is 0. The number of aliphatic carboxylic acids is 1. The van der Waals surface area contributed by atoms with Crippen LogP contribution in [-0.4, -0.2) is 69.7 Å². The van der Waals surface area contributed by atoms with Crippen LogP contribution in [0.2, 0.25) is 0 Å². The molecule has 206 valence electrons.